The molecular formula is C15H17N3O3. The summed E-state index contributed by atoms with van der Waals surface area (Å²) in [5.74, 6) is -1.17. The third-order valence-corrected chi connectivity index (χ3v) is 3.96. The average Bonchev–Trinajstić information content (AvgIpc) is 2.75. The zero-order valence-corrected chi connectivity index (χ0v) is 11.6. The SMILES string of the molecule is O=C(O)C1CCCCCN1C(=O)c1cnn2ccccc12. The van der Waals surface area contributed by atoms with Gasteiger partial charge in [0.15, 0.2) is 0 Å². The largest absolute Gasteiger partial charge is 0.480 e. The number of amides is 1. The summed E-state index contributed by atoms with van der Waals surface area (Å²) in [6.45, 7) is 0.486. The molecule has 0 bridgehead atoms. The topological polar surface area (TPSA) is 74.9 Å². The predicted molar refractivity (Wildman–Crippen MR) is 76.1 cm³/mol. The smallest absolute Gasteiger partial charge is 0.326 e. The van der Waals surface area contributed by atoms with Gasteiger partial charge in [-0.3, -0.25) is 4.79 Å². The van der Waals surface area contributed by atoms with E-state index in [2.05, 4.69) is 5.10 Å². The summed E-state index contributed by atoms with van der Waals surface area (Å²) >= 11 is 0. The predicted octanol–water partition coefficient (Wildman–Crippen LogP) is 1.80. The van der Waals surface area contributed by atoms with Crippen LogP contribution in [0.4, 0.5) is 0 Å². The Bertz CT molecular complexity index is 680. The summed E-state index contributed by atoms with van der Waals surface area (Å²) in [5, 5.41) is 13.5. The molecule has 0 radical (unpaired) electrons. The molecule has 3 rings (SSSR count). The minimum atomic E-state index is -0.929. The van der Waals surface area contributed by atoms with Crippen molar-refractivity contribution in [3.05, 3.63) is 36.2 Å². The van der Waals surface area contributed by atoms with Crippen LogP contribution in [0, 0.1) is 0 Å². The maximum absolute atomic E-state index is 12.8. The number of pyridine rings is 1. The number of carboxylic acid groups (broad SMARTS) is 1. The van der Waals surface area contributed by atoms with Crippen molar-refractivity contribution >= 4 is 17.4 Å². The normalized spacial score (nSPS) is 19.4. The molecule has 0 saturated carbocycles. The van der Waals surface area contributed by atoms with Crippen molar-refractivity contribution in [3.63, 3.8) is 0 Å². The van der Waals surface area contributed by atoms with Gasteiger partial charge in [0.05, 0.1) is 17.3 Å². The number of hydrogen-bond acceptors (Lipinski definition) is 3. The molecule has 0 spiro atoms. The van der Waals surface area contributed by atoms with Crippen molar-refractivity contribution in [2.24, 2.45) is 0 Å². The van der Waals surface area contributed by atoms with Gasteiger partial charge in [0.1, 0.15) is 6.04 Å². The molecule has 110 valence electrons. The molecule has 21 heavy (non-hydrogen) atoms. The number of likely N-dealkylation sites (tertiary alicyclic amines) is 1. The molecule has 0 aromatic carbocycles. The van der Waals surface area contributed by atoms with Gasteiger partial charge in [-0.1, -0.05) is 18.9 Å². The van der Waals surface area contributed by atoms with E-state index in [0.29, 0.717) is 24.0 Å². The Morgan fingerprint density at radius 2 is 2.10 bits per heavy atom. The second kappa shape index (κ2) is 5.55. The molecule has 2 aromatic rings. The molecule has 0 aliphatic carbocycles. The van der Waals surface area contributed by atoms with Crippen LogP contribution < -0.4 is 0 Å². The van der Waals surface area contributed by atoms with Gasteiger partial charge >= 0.3 is 5.97 Å². The summed E-state index contributed by atoms with van der Waals surface area (Å²) in [7, 11) is 0. The molecule has 1 saturated heterocycles. The first-order chi connectivity index (χ1) is 10.2. The third-order valence-electron chi connectivity index (χ3n) is 3.96. The van der Waals surface area contributed by atoms with Gasteiger partial charge < -0.3 is 10.0 Å². The van der Waals surface area contributed by atoms with E-state index in [1.807, 2.05) is 18.2 Å². The zero-order chi connectivity index (χ0) is 14.8. The van der Waals surface area contributed by atoms with E-state index in [-0.39, 0.29) is 5.91 Å². The molecule has 3 heterocycles. The number of aliphatic carboxylic acids is 1. The van der Waals surface area contributed by atoms with Crippen LogP contribution in [-0.2, 0) is 4.79 Å². The minimum Gasteiger partial charge on any atom is -0.480 e. The Morgan fingerprint density at radius 3 is 2.90 bits per heavy atom. The van der Waals surface area contributed by atoms with Crippen LogP contribution >= 0.6 is 0 Å². The number of carboxylic acids is 1. The van der Waals surface area contributed by atoms with Gasteiger partial charge in [0.25, 0.3) is 5.91 Å². The van der Waals surface area contributed by atoms with E-state index in [9.17, 15) is 14.7 Å². The Balaban J connectivity index is 1.97. The van der Waals surface area contributed by atoms with Crippen molar-refractivity contribution in [2.75, 3.05) is 6.54 Å². The number of rotatable bonds is 2. The summed E-state index contributed by atoms with van der Waals surface area (Å²) < 4.78 is 1.63. The van der Waals surface area contributed by atoms with Crippen LogP contribution in [0.5, 0.6) is 0 Å². The van der Waals surface area contributed by atoms with Gasteiger partial charge in [-0.25, -0.2) is 9.31 Å². The molecule has 1 fully saturated rings. The highest BCUT2D eigenvalue weighted by Gasteiger charge is 2.32. The van der Waals surface area contributed by atoms with Crippen molar-refractivity contribution < 1.29 is 14.7 Å². The van der Waals surface area contributed by atoms with E-state index >= 15 is 0 Å². The van der Waals surface area contributed by atoms with Crippen LogP contribution in [0.3, 0.4) is 0 Å². The Labute approximate surface area is 122 Å². The number of nitrogens with zero attached hydrogens (tertiary/aromatic N) is 3. The van der Waals surface area contributed by atoms with E-state index < -0.39 is 12.0 Å². The molecule has 1 unspecified atom stereocenters. The standard InChI is InChI=1S/C15H17N3O3/c19-14(11-10-16-18-9-5-3-6-12(11)18)17-8-4-1-2-7-13(17)15(20)21/h3,5-6,9-10,13H,1-2,4,7-8H2,(H,20,21). The van der Waals surface area contributed by atoms with Gasteiger partial charge in [0, 0.05) is 12.7 Å². The number of carbonyl (C=O) groups is 2. The summed E-state index contributed by atoms with van der Waals surface area (Å²) in [5.41, 5.74) is 1.17. The van der Waals surface area contributed by atoms with Crippen molar-refractivity contribution in [2.45, 2.75) is 31.7 Å². The van der Waals surface area contributed by atoms with Crippen LogP contribution in [0.15, 0.2) is 30.6 Å². The molecule has 1 N–H and O–H groups in total. The Kier molecular flexibility index (Phi) is 3.60. The number of fused-ring (bicyclic) bond motifs is 1. The average molecular weight is 287 g/mol. The van der Waals surface area contributed by atoms with E-state index in [1.165, 1.54) is 11.1 Å². The third kappa shape index (κ3) is 2.49. The molecular weight excluding hydrogens is 270 g/mol. The van der Waals surface area contributed by atoms with Gasteiger partial charge in [0.2, 0.25) is 0 Å². The van der Waals surface area contributed by atoms with E-state index in [0.717, 1.165) is 19.3 Å². The Morgan fingerprint density at radius 1 is 1.24 bits per heavy atom. The first kappa shape index (κ1) is 13.6. The fraction of sp³-hybridized carbons (Fsp3) is 0.400. The maximum atomic E-state index is 12.8. The van der Waals surface area contributed by atoms with Crippen molar-refractivity contribution in [1.82, 2.24) is 14.5 Å². The van der Waals surface area contributed by atoms with Crippen LogP contribution in [-0.4, -0.2) is 44.1 Å². The lowest BCUT2D eigenvalue weighted by Gasteiger charge is -2.26. The molecule has 6 heteroatoms. The van der Waals surface area contributed by atoms with Crippen molar-refractivity contribution in [1.29, 1.82) is 0 Å². The molecule has 2 aromatic heterocycles. The highest BCUT2D eigenvalue weighted by molar-refractivity contribution is 6.02. The fourth-order valence-electron chi connectivity index (χ4n) is 2.86. The summed E-state index contributed by atoms with van der Waals surface area (Å²) in [4.78, 5) is 25.7. The lowest BCUT2D eigenvalue weighted by molar-refractivity contribution is -0.142. The minimum absolute atomic E-state index is 0.245. The van der Waals surface area contributed by atoms with Gasteiger partial charge in [-0.05, 0) is 25.0 Å². The lowest BCUT2D eigenvalue weighted by atomic mass is 10.1. The van der Waals surface area contributed by atoms with E-state index in [4.69, 9.17) is 0 Å². The lowest BCUT2D eigenvalue weighted by Crippen LogP contribution is -2.44. The Hall–Kier alpha value is -2.37. The maximum Gasteiger partial charge on any atom is 0.326 e. The molecule has 6 nitrogen and oxygen atoms in total. The van der Waals surface area contributed by atoms with Crippen LogP contribution in [0.2, 0.25) is 0 Å². The van der Waals surface area contributed by atoms with Gasteiger partial charge in [-0.15, -0.1) is 0 Å². The molecule has 1 atom stereocenters. The summed E-state index contributed by atoms with van der Waals surface area (Å²) in [6, 6.07) is 4.75. The van der Waals surface area contributed by atoms with Crippen LogP contribution in [0.25, 0.3) is 5.52 Å². The fourth-order valence-corrected chi connectivity index (χ4v) is 2.86. The van der Waals surface area contributed by atoms with Crippen molar-refractivity contribution in [3.8, 4) is 0 Å². The second-order valence-electron chi connectivity index (χ2n) is 5.29. The number of carbonyl (C=O) groups excluding carboxylic acids is 1. The quantitative estimate of drug-likeness (QED) is 0.914. The van der Waals surface area contributed by atoms with Crippen LogP contribution in [0.1, 0.15) is 36.0 Å². The highest BCUT2D eigenvalue weighted by atomic mass is 16.4. The second-order valence-corrected chi connectivity index (χ2v) is 5.29. The number of aromatic nitrogens is 2. The summed E-state index contributed by atoms with van der Waals surface area (Å²) in [6.07, 6.45) is 6.44. The highest BCUT2D eigenvalue weighted by Crippen LogP contribution is 2.21. The first-order valence-electron chi connectivity index (χ1n) is 7.14. The monoisotopic (exact) mass is 287 g/mol. The number of hydrogen-bond donors (Lipinski definition) is 1. The van der Waals surface area contributed by atoms with Gasteiger partial charge in [-0.2, -0.15) is 5.10 Å². The van der Waals surface area contributed by atoms with E-state index in [1.54, 1.807) is 10.7 Å². The molecule has 1 aliphatic heterocycles. The molecule has 1 aliphatic rings. The zero-order valence-electron chi connectivity index (χ0n) is 11.6. The molecule has 1 amide bonds. The first-order valence-corrected chi connectivity index (χ1v) is 7.14.